The molecular formula is C19H34O. The standard InChI is InChI=1S/C19H34O/c1-3-5-15-20-19-13-11-18(12-14-19)17-9-7-16(6-4-2)8-10-17/h4,16-19H,2-3,5-15H2,1H3. The van der Waals surface area contributed by atoms with Gasteiger partial charge in [-0.2, -0.15) is 0 Å². The summed E-state index contributed by atoms with van der Waals surface area (Å²) in [5.74, 6) is 2.97. The number of unbranched alkanes of at least 4 members (excludes halogenated alkanes) is 1. The Morgan fingerprint density at radius 2 is 1.55 bits per heavy atom. The lowest BCUT2D eigenvalue weighted by Crippen LogP contribution is -2.28. The second-order valence-corrected chi connectivity index (χ2v) is 7.07. The molecular weight excluding hydrogens is 244 g/mol. The zero-order valence-corrected chi connectivity index (χ0v) is 13.5. The van der Waals surface area contributed by atoms with E-state index in [1.54, 1.807) is 0 Å². The molecule has 0 aromatic rings. The Balaban J connectivity index is 1.63. The SMILES string of the molecule is C=CCC1CCC(C2CCC(OCCCC)CC2)CC1. The molecule has 0 N–H and O–H groups in total. The number of allylic oxidation sites excluding steroid dienone is 1. The Bertz CT molecular complexity index is 257. The molecule has 0 amide bonds. The molecule has 0 saturated heterocycles. The van der Waals surface area contributed by atoms with E-state index in [-0.39, 0.29) is 0 Å². The average molecular weight is 278 g/mol. The minimum atomic E-state index is 0.579. The Labute approximate surface area is 126 Å². The van der Waals surface area contributed by atoms with E-state index in [9.17, 15) is 0 Å². The minimum Gasteiger partial charge on any atom is -0.378 e. The molecule has 2 saturated carbocycles. The first kappa shape index (κ1) is 16.1. The molecule has 0 aliphatic heterocycles. The summed E-state index contributed by atoms with van der Waals surface area (Å²) in [5.41, 5.74) is 0. The van der Waals surface area contributed by atoms with E-state index in [1.807, 2.05) is 0 Å². The second-order valence-electron chi connectivity index (χ2n) is 7.07. The predicted octanol–water partition coefficient (Wildman–Crippen LogP) is 5.74. The van der Waals surface area contributed by atoms with E-state index >= 15 is 0 Å². The molecule has 0 heterocycles. The quantitative estimate of drug-likeness (QED) is 0.426. The van der Waals surface area contributed by atoms with Crippen molar-refractivity contribution in [2.45, 2.75) is 83.7 Å². The third kappa shape index (κ3) is 4.91. The maximum Gasteiger partial charge on any atom is 0.0575 e. The number of hydrogen-bond donors (Lipinski definition) is 0. The van der Waals surface area contributed by atoms with Crippen LogP contribution in [-0.4, -0.2) is 12.7 Å². The van der Waals surface area contributed by atoms with Crippen molar-refractivity contribution in [3.8, 4) is 0 Å². The maximum absolute atomic E-state index is 6.00. The summed E-state index contributed by atoms with van der Waals surface area (Å²) >= 11 is 0. The molecule has 0 spiro atoms. The van der Waals surface area contributed by atoms with Crippen LogP contribution in [0.15, 0.2) is 12.7 Å². The zero-order valence-electron chi connectivity index (χ0n) is 13.5. The highest BCUT2D eigenvalue weighted by Gasteiger charge is 2.30. The van der Waals surface area contributed by atoms with Crippen LogP contribution in [0.25, 0.3) is 0 Å². The fourth-order valence-electron chi connectivity index (χ4n) is 4.25. The normalized spacial score (nSPS) is 34.9. The molecule has 116 valence electrons. The van der Waals surface area contributed by atoms with Crippen LogP contribution < -0.4 is 0 Å². The first-order valence-electron chi connectivity index (χ1n) is 9.06. The maximum atomic E-state index is 6.00. The van der Waals surface area contributed by atoms with Crippen molar-refractivity contribution in [2.75, 3.05) is 6.61 Å². The molecule has 1 heteroatoms. The van der Waals surface area contributed by atoms with Crippen molar-refractivity contribution in [3.05, 3.63) is 12.7 Å². The molecule has 1 nitrogen and oxygen atoms in total. The summed E-state index contributed by atoms with van der Waals surface area (Å²) in [4.78, 5) is 0. The highest BCUT2D eigenvalue weighted by molar-refractivity contribution is 4.84. The first-order chi connectivity index (χ1) is 9.83. The lowest BCUT2D eigenvalue weighted by Gasteiger charge is -2.37. The van der Waals surface area contributed by atoms with Crippen molar-refractivity contribution in [3.63, 3.8) is 0 Å². The van der Waals surface area contributed by atoms with Gasteiger partial charge >= 0.3 is 0 Å². The number of rotatable bonds is 7. The topological polar surface area (TPSA) is 9.23 Å². The molecule has 0 bridgehead atoms. The van der Waals surface area contributed by atoms with Gasteiger partial charge in [0, 0.05) is 6.61 Å². The Kier molecular flexibility index (Phi) is 7.13. The summed E-state index contributed by atoms with van der Waals surface area (Å²) in [6.07, 6.45) is 17.8. The fourth-order valence-corrected chi connectivity index (χ4v) is 4.25. The molecule has 20 heavy (non-hydrogen) atoms. The van der Waals surface area contributed by atoms with Crippen molar-refractivity contribution in [1.82, 2.24) is 0 Å². The lowest BCUT2D eigenvalue weighted by atomic mass is 9.70. The van der Waals surface area contributed by atoms with Crippen LogP contribution in [0.1, 0.15) is 77.6 Å². The minimum absolute atomic E-state index is 0.579. The smallest absolute Gasteiger partial charge is 0.0575 e. The van der Waals surface area contributed by atoms with Crippen LogP contribution in [0, 0.1) is 17.8 Å². The molecule has 0 atom stereocenters. The van der Waals surface area contributed by atoms with Crippen LogP contribution >= 0.6 is 0 Å². The number of hydrogen-bond acceptors (Lipinski definition) is 1. The van der Waals surface area contributed by atoms with E-state index in [0.29, 0.717) is 6.10 Å². The average Bonchev–Trinajstić information content (AvgIpc) is 2.49. The first-order valence-corrected chi connectivity index (χ1v) is 9.06. The van der Waals surface area contributed by atoms with Crippen LogP contribution in [0.3, 0.4) is 0 Å². The molecule has 2 fully saturated rings. The highest BCUT2D eigenvalue weighted by atomic mass is 16.5. The molecule has 0 aromatic carbocycles. The Morgan fingerprint density at radius 1 is 0.950 bits per heavy atom. The summed E-state index contributed by atoms with van der Waals surface area (Å²) in [6, 6.07) is 0. The molecule has 2 rings (SSSR count). The van der Waals surface area contributed by atoms with Gasteiger partial charge in [-0.05, 0) is 82.0 Å². The van der Waals surface area contributed by atoms with E-state index in [0.717, 1.165) is 24.4 Å². The third-order valence-corrected chi connectivity index (χ3v) is 5.63. The van der Waals surface area contributed by atoms with Gasteiger partial charge in [-0.25, -0.2) is 0 Å². The molecule has 0 aromatic heterocycles. The van der Waals surface area contributed by atoms with E-state index in [1.165, 1.54) is 70.6 Å². The van der Waals surface area contributed by atoms with Gasteiger partial charge in [0.2, 0.25) is 0 Å². The third-order valence-electron chi connectivity index (χ3n) is 5.63. The van der Waals surface area contributed by atoms with E-state index < -0.39 is 0 Å². The predicted molar refractivity (Wildman–Crippen MR) is 86.9 cm³/mol. The molecule has 2 aliphatic carbocycles. The van der Waals surface area contributed by atoms with Gasteiger partial charge in [0.05, 0.1) is 6.10 Å². The van der Waals surface area contributed by atoms with Gasteiger partial charge < -0.3 is 4.74 Å². The van der Waals surface area contributed by atoms with Crippen molar-refractivity contribution in [1.29, 1.82) is 0 Å². The summed E-state index contributed by atoms with van der Waals surface area (Å²) in [6.45, 7) is 7.11. The fraction of sp³-hybridized carbons (Fsp3) is 0.895. The lowest BCUT2D eigenvalue weighted by molar-refractivity contribution is 0.00595. The van der Waals surface area contributed by atoms with Crippen molar-refractivity contribution >= 4 is 0 Å². The van der Waals surface area contributed by atoms with Crippen LogP contribution in [0.4, 0.5) is 0 Å². The summed E-state index contributed by atoms with van der Waals surface area (Å²) < 4.78 is 6.00. The van der Waals surface area contributed by atoms with Gasteiger partial charge in [-0.15, -0.1) is 6.58 Å². The number of ether oxygens (including phenoxy) is 1. The monoisotopic (exact) mass is 278 g/mol. The molecule has 0 unspecified atom stereocenters. The summed E-state index contributed by atoms with van der Waals surface area (Å²) in [5, 5.41) is 0. The van der Waals surface area contributed by atoms with Crippen molar-refractivity contribution < 1.29 is 4.74 Å². The largest absolute Gasteiger partial charge is 0.378 e. The zero-order chi connectivity index (χ0) is 14.2. The van der Waals surface area contributed by atoms with E-state index in [4.69, 9.17) is 4.74 Å². The Morgan fingerprint density at radius 3 is 2.10 bits per heavy atom. The summed E-state index contributed by atoms with van der Waals surface area (Å²) in [7, 11) is 0. The van der Waals surface area contributed by atoms with Gasteiger partial charge in [0.1, 0.15) is 0 Å². The van der Waals surface area contributed by atoms with Crippen LogP contribution in [0.2, 0.25) is 0 Å². The highest BCUT2D eigenvalue weighted by Crippen LogP contribution is 2.41. The van der Waals surface area contributed by atoms with Gasteiger partial charge in [-0.3, -0.25) is 0 Å². The van der Waals surface area contributed by atoms with Crippen LogP contribution in [-0.2, 0) is 4.74 Å². The Hall–Kier alpha value is -0.300. The van der Waals surface area contributed by atoms with Gasteiger partial charge in [0.15, 0.2) is 0 Å². The molecule has 2 aliphatic rings. The van der Waals surface area contributed by atoms with Crippen molar-refractivity contribution in [2.24, 2.45) is 17.8 Å². The van der Waals surface area contributed by atoms with Crippen LogP contribution in [0.5, 0.6) is 0 Å². The van der Waals surface area contributed by atoms with Gasteiger partial charge in [0.25, 0.3) is 0 Å². The molecule has 0 radical (unpaired) electrons. The van der Waals surface area contributed by atoms with Gasteiger partial charge in [-0.1, -0.05) is 19.4 Å². The second kappa shape index (κ2) is 8.87. The van der Waals surface area contributed by atoms with E-state index in [2.05, 4.69) is 19.6 Å².